The number of alkyl halides is 3. The van der Waals surface area contributed by atoms with E-state index in [0.717, 1.165) is 38.5 Å². The number of thioether (sulfide) groups is 1. The summed E-state index contributed by atoms with van der Waals surface area (Å²) >= 11 is 1.52. The second-order valence-electron chi connectivity index (χ2n) is 8.40. The molecule has 3 heterocycles. The van der Waals surface area contributed by atoms with E-state index in [9.17, 15) is 13.2 Å². The van der Waals surface area contributed by atoms with Crippen molar-refractivity contribution in [2.75, 3.05) is 4.90 Å². The van der Waals surface area contributed by atoms with Gasteiger partial charge in [-0.1, -0.05) is 54.1 Å². The second kappa shape index (κ2) is 7.50. The summed E-state index contributed by atoms with van der Waals surface area (Å²) in [6.07, 6.45) is -4.51. The molecule has 6 rings (SSSR count). The molecule has 3 aromatic carbocycles. The van der Waals surface area contributed by atoms with Crippen molar-refractivity contribution >= 4 is 28.4 Å². The number of aryl methyl sites for hydroxylation is 2. The van der Waals surface area contributed by atoms with E-state index < -0.39 is 11.7 Å². The minimum atomic E-state index is -4.51. The number of fused-ring (bicyclic) bond motifs is 4. The third kappa shape index (κ3) is 3.16. The van der Waals surface area contributed by atoms with Crippen LogP contribution in [0.5, 0.6) is 0 Å². The Balaban J connectivity index is 1.62. The zero-order valence-corrected chi connectivity index (χ0v) is 19.2. The van der Waals surface area contributed by atoms with Gasteiger partial charge >= 0.3 is 6.18 Å². The maximum atomic E-state index is 13.9. The Hall–Kier alpha value is -3.52. The molecule has 0 N–H and O–H groups in total. The molecule has 0 aliphatic carbocycles. The third-order valence-corrected chi connectivity index (χ3v) is 7.21. The Morgan fingerprint density at radius 1 is 0.853 bits per heavy atom. The Kier molecular flexibility index (Phi) is 4.64. The predicted octanol–water partition coefficient (Wildman–Crippen LogP) is 7.21. The van der Waals surface area contributed by atoms with Crippen LogP contribution in [0.1, 0.15) is 34.0 Å². The molecule has 4 nitrogen and oxygen atoms in total. The summed E-state index contributed by atoms with van der Waals surface area (Å²) < 4.78 is 42.9. The van der Waals surface area contributed by atoms with E-state index in [1.807, 2.05) is 44.2 Å². The van der Waals surface area contributed by atoms with E-state index in [1.54, 1.807) is 6.07 Å². The molecule has 0 unspecified atom stereocenters. The van der Waals surface area contributed by atoms with Crippen LogP contribution in [0.2, 0.25) is 0 Å². The van der Waals surface area contributed by atoms with Gasteiger partial charge in [-0.2, -0.15) is 18.3 Å². The van der Waals surface area contributed by atoms with Gasteiger partial charge in [0.25, 0.3) is 0 Å². The van der Waals surface area contributed by atoms with Gasteiger partial charge in [-0.05, 0) is 55.4 Å². The fourth-order valence-corrected chi connectivity index (χ4v) is 5.67. The molecule has 0 saturated heterocycles. The Morgan fingerprint density at radius 2 is 1.53 bits per heavy atom. The molecular weight excluding hydrogens is 457 g/mol. The molecule has 34 heavy (non-hydrogen) atoms. The topological polar surface area (TPSA) is 33.4 Å². The van der Waals surface area contributed by atoms with Crippen LogP contribution in [0.25, 0.3) is 5.69 Å². The van der Waals surface area contributed by atoms with Crippen molar-refractivity contribution in [1.82, 2.24) is 9.78 Å². The maximum Gasteiger partial charge on any atom is 0.418 e. The molecular formula is C26H19F3N4S. The van der Waals surface area contributed by atoms with Crippen molar-refractivity contribution < 1.29 is 13.2 Å². The SMILES string of the molecule is Cc1ccc([C@@H]2c3c(C)nn(-c4ccccc4C(F)(F)F)c3N=C3Sc4ccccc4N32)cc1. The average Bonchev–Trinajstić information content (AvgIpc) is 3.35. The van der Waals surface area contributed by atoms with Crippen molar-refractivity contribution in [3.63, 3.8) is 0 Å². The van der Waals surface area contributed by atoms with Crippen LogP contribution < -0.4 is 4.90 Å². The van der Waals surface area contributed by atoms with Crippen LogP contribution in [-0.2, 0) is 6.18 Å². The number of rotatable bonds is 2. The molecule has 0 amide bonds. The first kappa shape index (κ1) is 21.0. The lowest BCUT2D eigenvalue weighted by Crippen LogP contribution is -2.33. The molecule has 1 aromatic heterocycles. The highest BCUT2D eigenvalue weighted by Crippen LogP contribution is 2.52. The first-order valence-electron chi connectivity index (χ1n) is 10.8. The molecule has 4 aromatic rings. The van der Waals surface area contributed by atoms with E-state index in [0.29, 0.717) is 11.5 Å². The van der Waals surface area contributed by atoms with Crippen molar-refractivity contribution in [3.05, 3.63) is 101 Å². The maximum absolute atomic E-state index is 13.9. The van der Waals surface area contributed by atoms with Crippen LogP contribution in [-0.4, -0.2) is 14.9 Å². The number of para-hydroxylation sites is 2. The highest BCUT2D eigenvalue weighted by atomic mass is 32.2. The Morgan fingerprint density at radius 3 is 2.26 bits per heavy atom. The zero-order chi connectivity index (χ0) is 23.6. The smallest absolute Gasteiger partial charge is 0.308 e. The molecule has 0 radical (unpaired) electrons. The fraction of sp³-hybridized carbons (Fsp3) is 0.154. The highest BCUT2D eigenvalue weighted by Gasteiger charge is 2.42. The summed E-state index contributed by atoms with van der Waals surface area (Å²) in [4.78, 5) is 8.11. The number of hydrogen-bond donors (Lipinski definition) is 0. The quantitative estimate of drug-likeness (QED) is 0.306. The molecule has 0 spiro atoms. The molecule has 8 heteroatoms. The fourth-order valence-electron chi connectivity index (χ4n) is 4.62. The van der Waals surface area contributed by atoms with Gasteiger partial charge in [-0.25, -0.2) is 9.67 Å². The summed E-state index contributed by atoms with van der Waals surface area (Å²) in [6.45, 7) is 3.86. The van der Waals surface area contributed by atoms with Crippen molar-refractivity contribution in [3.8, 4) is 5.69 Å². The van der Waals surface area contributed by atoms with Crippen LogP contribution in [0.15, 0.2) is 82.7 Å². The van der Waals surface area contributed by atoms with E-state index in [1.165, 1.54) is 28.6 Å². The van der Waals surface area contributed by atoms with Gasteiger partial charge in [0.05, 0.1) is 28.7 Å². The monoisotopic (exact) mass is 476 g/mol. The number of nitrogens with zero attached hydrogens (tertiary/aromatic N) is 4. The number of amidine groups is 1. The molecule has 0 fully saturated rings. The van der Waals surface area contributed by atoms with Crippen molar-refractivity contribution in [2.24, 2.45) is 4.99 Å². The number of aromatic nitrogens is 2. The normalized spacial score (nSPS) is 16.7. The van der Waals surface area contributed by atoms with Gasteiger partial charge in [-0.3, -0.25) is 0 Å². The van der Waals surface area contributed by atoms with E-state index in [2.05, 4.69) is 28.2 Å². The van der Waals surface area contributed by atoms with Gasteiger partial charge in [0.15, 0.2) is 11.0 Å². The lowest BCUT2D eigenvalue weighted by Gasteiger charge is -2.33. The molecule has 170 valence electrons. The second-order valence-corrected chi connectivity index (χ2v) is 9.41. The van der Waals surface area contributed by atoms with Crippen molar-refractivity contribution in [1.29, 1.82) is 0 Å². The van der Waals surface area contributed by atoms with Crippen LogP contribution in [0, 0.1) is 13.8 Å². The van der Waals surface area contributed by atoms with E-state index >= 15 is 0 Å². The van der Waals surface area contributed by atoms with Gasteiger partial charge in [0, 0.05) is 10.5 Å². The largest absolute Gasteiger partial charge is 0.418 e. The zero-order valence-electron chi connectivity index (χ0n) is 18.3. The van der Waals surface area contributed by atoms with Gasteiger partial charge in [0.1, 0.15) is 0 Å². The summed E-state index contributed by atoms with van der Waals surface area (Å²) in [6, 6.07) is 21.5. The summed E-state index contributed by atoms with van der Waals surface area (Å²) in [5, 5.41) is 5.31. The first-order chi connectivity index (χ1) is 16.3. The van der Waals surface area contributed by atoms with E-state index in [4.69, 9.17) is 4.99 Å². The standard InChI is InChI=1S/C26H19F3N4S/c1-15-11-13-17(14-12-15)23-22-16(2)31-33(19-8-4-3-7-18(19)26(27,28)29)24(22)30-25-32(23)20-9-5-6-10-21(20)34-25/h3-14,23H,1-2H3/t23-/m1/s1. The predicted molar refractivity (Wildman–Crippen MR) is 128 cm³/mol. The lowest BCUT2D eigenvalue weighted by atomic mass is 9.94. The minimum Gasteiger partial charge on any atom is -0.308 e. The Labute approximate surface area is 198 Å². The van der Waals surface area contributed by atoms with Crippen LogP contribution >= 0.6 is 11.8 Å². The number of hydrogen-bond acceptors (Lipinski definition) is 4. The molecule has 0 bridgehead atoms. The summed E-state index contributed by atoms with van der Waals surface area (Å²) in [7, 11) is 0. The van der Waals surface area contributed by atoms with Gasteiger partial charge in [0.2, 0.25) is 0 Å². The number of benzene rings is 3. The Bertz CT molecular complexity index is 1450. The third-order valence-electron chi connectivity index (χ3n) is 6.18. The average molecular weight is 477 g/mol. The molecule has 1 atom stereocenters. The van der Waals surface area contributed by atoms with Gasteiger partial charge in [-0.15, -0.1) is 0 Å². The summed E-state index contributed by atoms with van der Waals surface area (Å²) in [5.41, 5.74) is 3.89. The lowest BCUT2D eigenvalue weighted by molar-refractivity contribution is -0.137. The van der Waals surface area contributed by atoms with E-state index in [-0.39, 0.29) is 11.7 Å². The minimum absolute atomic E-state index is 0.0275. The highest BCUT2D eigenvalue weighted by molar-refractivity contribution is 8.14. The van der Waals surface area contributed by atoms with Crippen molar-refractivity contribution in [2.45, 2.75) is 31.0 Å². The summed E-state index contributed by atoms with van der Waals surface area (Å²) in [5.74, 6) is 0.436. The number of anilines is 1. The molecule has 2 aliphatic rings. The van der Waals surface area contributed by atoms with Gasteiger partial charge < -0.3 is 4.90 Å². The number of halogens is 3. The number of aliphatic imine (C=N–C) groups is 1. The van der Waals surface area contributed by atoms with Crippen LogP contribution in [0.4, 0.5) is 24.7 Å². The molecule has 0 saturated carbocycles. The first-order valence-corrected chi connectivity index (χ1v) is 11.6. The molecule has 2 aliphatic heterocycles. The van der Waals surface area contributed by atoms with Crippen LogP contribution in [0.3, 0.4) is 0 Å².